The van der Waals surface area contributed by atoms with Gasteiger partial charge in [-0.2, -0.15) is 0 Å². The molecule has 434 valence electrons. The molecule has 0 fully saturated rings. The van der Waals surface area contributed by atoms with Crippen LogP contribution in [0.25, 0.3) is 0 Å². The Kier molecular flexibility index (Phi) is 52.3. The summed E-state index contributed by atoms with van der Waals surface area (Å²) in [5.41, 5.74) is 0. The van der Waals surface area contributed by atoms with Crippen molar-refractivity contribution in [3.8, 4) is 0 Å². The van der Waals surface area contributed by atoms with Crippen molar-refractivity contribution in [1.82, 2.24) is 0 Å². The smallest absolute Gasteiger partial charge is 0.330 e. The van der Waals surface area contributed by atoms with E-state index in [4.69, 9.17) is 28.4 Å². The van der Waals surface area contributed by atoms with Crippen LogP contribution in [0.2, 0.25) is 0 Å². The average Bonchev–Trinajstić information content (AvgIpc) is 3.40. The highest BCUT2D eigenvalue weighted by atomic mass is 16.6. The van der Waals surface area contributed by atoms with Crippen molar-refractivity contribution in [1.29, 1.82) is 0 Å². The summed E-state index contributed by atoms with van der Waals surface area (Å²) in [6, 6.07) is 0. The molecule has 0 aromatic rings. The molecule has 4 unspecified atom stereocenters. The molecule has 0 heterocycles. The minimum atomic E-state index is -0.666. The zero-order chi connectivity index (χ0) is 55.1. The maximum absolute atomic E-state index is 13.1. The molecule has 0 amide bonds. The topological polar surface area (TPSA) is 141 Å². The van der Waals surface area contributed by atoms with Crippen molar-refractivity contribution in [3.63, 3.8) is 0 Å². The maximum atomic E-state index is 13.1. The third kappa shape index (κ3) is 49.6. The second-order valence-electron chi connectivity index (χ2n) is 20.8. The average molecular weight is 1060 g/mol. The molecule has 0 rings (SSSR count). The molecule has 0 bridgehead atoms. The quantitative estimate of drug-likeness (QED) is 0.0189. The van der Waals surface area contributed by atoms with Gasteiger partial charge in [0.25, 0.3) is 0 Å². The van der Waals surface area contributed by atoms with E-state index in [0.717, 1.165) is 135 Å². The van der Waals surface area contributed by atoms with Gasteiger partial charge in [-0.25, -0.2) is 14.4 Å². The van der Waals surface area contributed by atoms with E-state index in [1.807, 2.05) is 0 Å². The fourth-order valence-corrected chi connectivity index (χ4v) is 9.22. The van der Waals surface area contributed by atoms with Gasteiger partial charge in [-0.05, 0) is 116 Å². The van der Waals surface area contributed by atoms with Crippen LogP contribution >= 0.6 is 0 Å². The lowest BCUT2D eigenvalue weighted by molar-refractivity contribution is -0.163. The first kappa shape index (κ1) is 71.3. The Hall–Kier alpha value is -3.73. The van der Waals surface area contributed by atoms with E-state index < -0.39 is 18.0 Å². The molecule has 0 spiro atoms. The second kappa shape index (κ2) is 55.0. The molecular formula is C64H112O11. The van der Waals surface area contributed by atoms with E-state index in [-0.39, 0.29) is 55.9 Å². The number of carbonyl (C=O) groups is 5. The van der Waals surface area contributed by atoms with Gasteiger partial charge in [-0.3, -0.25) is 9.59 Å². The molecule has 0 aliphatic carbocycles. The minimum absolute atomic E-state index is 0.0294. The normalized spacial score (nSPS) is 12.9. The number of allylic oxidation sites excluding steroid dienone is 2. The van der Waals surface area contributed by atoms with Crippen LogP contribution in [0.3, 0.4) is 0 Å². The molecule has 0 saturated carbocycles. The van der Waals surface area contributed by atoms with Crippen molar-refractivity contribution in [3.05, 3.63) is 50.1 Å². The molecule has 0 aliphatic rings. The van der Waals surface area contributed by atoms with Gasteiger partial charge >= 0.3 is 29.8 Å². The van der Waals surface area contributed by atoms with Crippen molar-refractivity contribution in [2.45, 2.75) is 308 Å². The standard InChI is InChI=1S/C64H112O11/c1-7-13-16-18-20-21-22-23-24-25-26-28-36-43-53-70-54-59(55-71-63(68)51-41-34-29-32-39-47-56(72-60(65)10-4)46-38-31-27-19-17-14-8-2)75-64(69)52-42-35-30-33-40-48-58(74-62(67)12-6)50-44-49-57(45-37-15-9-3)73-61(66)11-5/h10-12,21-22,56-59H,4-9,13-20,23-55H2,1-3H3. The van der Waals surface area contributed by atoms with Crippen LogP contribution in [0.1, 0.15) is 284 Å². The number of unbranched alkanes of at least 4 members (excludes halogenated alkanes) is 26. The highest BCUT2D eigenvalue weighted by Gasteiger charge is 2.20. The molecular weight excluding hydrogens is 945 g/mol. The van der Waals surface area contributed by atoms with Crippen molar-refractivity contribution < 1.29 is 52.4 Å². The van der Waals surface area contributed by atoms with Crippen LogP contribution in [0.4, 0.5) is 0 Å². The first-order chi connectivity index (χ1) is 36.6. The molecule has 0 aromatic carbocycles. The van der Waals surface area contributed by atoms with Crippen LogP contribution in [-0.2, 0) is 52.4 Å². The first-order valence-electron chi connectivity index (χ1n) is 30.7. The van der Waals surface area contributed by atoms with Crippen molar-refractivity contribution >= 4 is 29.8 Å². The Morgan fingerprint density at radius 3 is 1.12 bits per heavy atom. The molecule has 0 N–H and O–H groups in total. The van der Waals surface area contributed by atoms with Gasteiger partial charge in [0.05, 0.1) is 6.61 Å². The zero-order valence-electron chi connectivity index (χ0n) is 48.4. The van der Waals surface area contributed by atoms with Crippen LogP contribution < -0.4 is 0 Å². The SMILES string of the molecule is C=CC(=O)OC(CCCCCCCCC)CCCCCCCC(=O)OCC(COCCCCCCCCC=CCCCCCC)OC(=O)CCCCCCCC(CCCC(CCCCC)OC(=O)C=C)OC(=O)C=C. The first-order valence-corrected chi connectivity index (χ1v) is 30.7. The molecule has 0 saturated heterocycles. The Balaban J connectivity index is 4.89. The van der Waals surface area contributed by atoms with Crippen LogP contribution in [0.5, 0.6) is 0 Å². The number of ether oxygens (including phenoxy) is 6. The van der Waals surface area contributed by atoms with Gasteiger partial charge in [0.15, 0.2) is 6.10 Å². The second-order valence-corrected chi connectivity index (χ2v) is 20.8. The molecule has 4 atom stereocenters. The lowest BCUT2D eigenvalue weighted by atomic mass is 10.00. The monoisotopic (exact) mass is 1060 g/mol. The van der Waals surface area contributed by atoms with Crippen molar-refractivity contribution in [2.24, 2.45) is 0 Å². The summed E-state index contributed by atoms with van der Waals surface area (Å²) >= 11 is 0. The van der Waals surface area contributed by atoms with Crippen LogP contribution in [0.15, 0.2) is 50.1 Å². The summed E-state index contributed by atoms with van der Waals surface area (Å²) in [5, 5.41) is 0. The number of rotatable bonds is 57. The Morgan fingerprint density at radius 1 is 0.347 bits per heavy atom. The summed E-state index contributed by atoms with van der Waals surface area (Å²) in [4.78, 5) is 61.9. The number of hydrogen-bond donors (Lipinski definition) is 0. The number of hydrogen-bond acceptors (Lipinski definition) is 11. The maximum Gasteiger partial charge on any atom is 0.330 e. The van der Waals surface area contributed by atoms with E-state index >= 15 is 0 Å². The molecule has 0 radical (unpaired) electrons. The Morgan fingerprint density at radius 2 is 0.680 bits per heavy atom. The van der Waals surface area contributed by atoms with Crippen molar-refractivity contribution in [2.75, 3.05) is 19.8 Å². The van der Waals surface area contributed by atoms with E-state index in [0.29, 0.717) is 32.3 Å². The predicted octanol–water partition coefficient (Wildman–Crippen LogP) is 17.4. The summed E-state index contributed by atoms with van der Waals surface area (Å²) < 4.78 is 34.4. The summed E-state index contributed by atoms with van der Waals surface area (Å²) in [5.74, 6) is -1.82. The van der Waals surface area contributed by atoms with E-state index in [9.17, 15) is 24.0 Å². The molecule has 75 heavy (non-hydrogen) atoms. The molecule has 0 aromatic heterocycles. The largest absolute Gasteiger partial charge is 0.462 e. The van der Waals surface area contributed by atoms with Gasteiger partial charge in [0.1, 0.15) is 24.9 Å². The fourth-order valence-electron chi connectivity index (χ4n) is 9.22. The number of carbonyl (C=O) groups excluding carboxylic acids is 5. The zero-order valence-corrected chi connectivity index (χ0v) is 48.4. The minimum Gasteiger partial charge on any atom is -0.462 e. The van der Waals surface area contributed by atoms with E-state index in [1.54, 1.807) is 0 Å². The van der Waals surface area contributed by atoms with Gasteiger partial charge in [0.2, 0.25) is 0 Å². The Bertz CT molecular complexity index is 1440. The van der Waals surface area contributed by atoms with E-state index in [2.05, 4.69) is 52.7 Å². The van der Waals surface area contributed by atoms with Gasteiger partial charge in [-0.1, -0.05) is 187 Å². The lowest BCUT2D eigenvalue weighted by Crippen LogP contribution is -2.30. The molecule has 0 aliphatic heterocycles. The number of esters is 5. The summed E-state index contributed by atoms with van der Waals surface area (Å²) in [6.45, 7) is 18.0. The summed E-state index contributed by atoms with van der Waals surface area (Å²) in [6.07, 6.45) is 48.3. The van der Waals surface area contributed by atoms with E-state index in [1.165, 1.54) is 115 Å². The predicted molar refractivity (Wildman–Crippen MR) is 307 cm³/mol. The lowest BCUT2D eigenvalue weighted by Gasteiger charge is -2.20. The van der Waals surface area contributed by atoms with Gasteiger partial charge < -0.3 is 28.4 Å². The van der Waals surface area contributed by atoms with Crippen LogP contribution in [0, 0.1) is 0 Å². The molecule has 11 heteroatoms. The fraction of sp³-hybridized carbons (Fsp3) is 0.797. The van der Waals surface area contributed by atoms with Gasteiger partial charge in [0, 0.05) is 37.7 Å². The van der Waals surface area contributed by atoms with Gasteiger partial charge in [-0.15, -0.1) is 0 Å². The highest BCUT2D eigenvalue weighted by Crippen LogP contribution is 2.21. The third-order valence-corrected chi connectivity index (χ3v) is 13.8. The highest BCUT2D eigenvalue weighted by molar-refractivity contribution is 5.82. The van der Waals surface area contributed by atoms with Crippen LogP contribution in [-0.4, -0.2) is 74.1 Å². The third-order valence-electron chi connectivity index (χ3n) is 13.8. The molecule has 11 nitrogen and oxygen atoms in total. The Labute approximate surface area is 458 Å². The summed E-state index contributed by atoms with van der Waals surface area (Å²) in [7, 11) is 0.